The molecule has 2 rings (SSSR count). The number of aliphatic hydroxyl groups is 1. The maximum Gasteiger partial charge on any atom is 0.345 e. The van der Waals surface area contributed by atoms with E-state index in [2.05, 4.69) is 12.2 Å². The molecular formula is C15H23NO3S. The van der Waals surface area contributed by atoms with Gasteiger partial charge in [0.15, 0.2) is 0 Å². The van der Waals surface area contributed by atoms with E-state index in [9.17, 15) is 9.90 Å². The lowest BCUT2D eigenvalue weighted by Gasteiger charge is -2.35. The molecule has 1 heterocycles. The third-order valence-corrected chi connectivity index (χ3v) is 5.29. The Hall–Kier alpha value is -0.910. The molecule has 0 bridgehead atoms. The number of carboxylic acid groups (broad SMARTS) is 1. The number of carboxylic acids is 1. The summed E-state index contributed by atoms with van der Waals surface area (Å²) in [4.78, 5) is 12.3. The highest BCUT2D eigenvalue weighted by Gasteiger charge is 2.31. The van der Waals surface area contributed by atoms with Crippen LogP contribution in [-0.4, -0.2) is 28.3 Å². The molecule has 0 spiro atoms. The molecule has 1 saturated carbocycles. The number of thiophene rings is 1. The first-order valence-electron chi connectivity index (χ1n) is 7.15. The van der Waals surface area contributed by atoms with Gasteiger partial charge in [-0.05, 0) is 50.2 Å². The van der Waals surface area contributed by atoms with E-state index in [1.807, 2.05) is 6.92 Å². The highest BCUT2D eigenvalue weighted by molar-refractivity contribution is 7.14. The monoisotopic (exact) mass is 297 g/mol. The molecule has 3 N–H and O–H groups in total. The van der Waals surface area contributed by atoms with Gasteiger partial charge in [-0.25, -0.2) is 4.79 Å². The molecule has 0 unspecified atom stereocenters. The van der Waals surface area contributed by atoms with Crippen molar-refractivity contribution in [2.45, 2.75) is 51.7 Å². The van der Waals surface area contributed by atoms with Gasteiger partial charge in [0, 0.05) is 18.0 Å². The smallest absolute Gasteiger partial charge is 0.345 e. The predicted octanol–water partition coefficient (Wildman–Crippen LogP) is 2.79. The van der Waals surface area contributed by atoms with Crippen molar-refractivity contribution in [1.82, 2.24) is 5.32 Å². The van der Waals surface area contributed by atoms with Gasteiger partial charge in [0.25, 0.3) is 0 Å². The summed E-state index contributed by atoms with van der Waals surface area (Å²) >= 11 is 1.31. The Balaban J connectivity index is 1.85. The molecule has 4 nitrogen and oxygen atoms in total. The molecule has 0 radical (unpaired) electrons. The molecule has 0 aliphatic heterocycles. The van der Waals surface area contributed by atoms with E-state index in [1.54, 1.807) is 6.07 Å². The van der Waals surface area contributed by atoms with Crippen molar-refractivity contribution in [2.24, 2.45) is 5.92 Å². The van der Waals surface area contributed by atoms with Gasteiger partial charge in [0.1, 0.15) is 4.88 Å². The Kier molecular flexibility index (Phi) is 4.83. The van der Waals surface area contributed by atoms with E-state index in [0.717, 1.165) is 36.1 Å². The van der Waals surface area contributed by atoms with Crippen molar-refractivity contribution < 1.29 is 15.0 Å². The van der Waals surface area contributed by atoms with Gasteiger partial charge >= 0.3 is 5.97 Å². The topological polar surface area (TPSA) is 69.6 Å². The Morgan fingerprint density at radius 1 is 1.50 bits per heavy atom. The molecule has 0 atom stereocenters. The normalized spacial score (nSPS) is 26.6. The number of nitrogens with one attached hydrogen (secondary N) is 1. The van der Waals surface area contributed by atoms with Crippen molar-refractivity contribution in [3.8, 4) is 0 Å². The SMILES string of the molecule is Cc1sc(C(=O)O)cc1CNCC1(O)CCC(C)CC1. The molecule has 1 fully saturated rings. The zero-order valence-electron chi connectivity index (χ0n) is 12.1. The van der Waals surface area contributed by atoms with Crippen LogP contribution in [0, 0.1) is 12.8 Å². The fourth-order valence-electron chi connectivity index (χ4n) is 2.71. The van der Waals surface area contributed by atoms with Crippen LogP contribution in [-0.2, 0) is 6.54 Å². The predicted molar refractivity (Wildman–Crippen MR) is 80.3 cm³/mol. The van der Waals surface area contributed by atoms with Crippen LogP contribution in [0.2, 0.25) is 0 Å². The van der Waals surface area contributed by atoms with Crippen molar-refractivity contribution in [1.29, 1.82) is 0 Å². The Labute approximate surface area is 123 Å². The average Bonchev–Trinajstić information content (AvgIpc) is 2.76. The number of hydrogen-bond donors (Lipinski definition) is 3. The number of carbonyl (C=O) groups is 1. The van der Waals surface area contributed by atoms with E-state index >= 15 is 0 Å². The van der Waals surface area contributed by atoms with Crippen LogP contribution < -0.4 is 5.32 Å². The molecule has 1 aromatic heterocycles. The first-order chi connectivity index (χ1) is 9.39. The molecule has 1 aliphatic carbocycles. The fraction of sp³-hybridized carbons (Fsp3) is 0.667. The molecule has 0 saturated heterocycles. The average molecular weight is 297 g/mol. The molecular weight excluding hydrogens is 274 g/mol. The van der Waals surface area contributed by atoms with Gasteiger partial charge in [0.05, 0.1) is 5.60 Å². The van der Waals surface area contributed by atoms with Crippen LogP contribution in [0.25, 0.3) is 0 Å². The van der Waals surface area contributed by atoms with Crippen molar-refractivity contribution in [2.75, 3.05) is 6.54 Å². The summed E-state index contributed by atoms with van der Waals surface area (Å²) < 4.78 is 0. The molecule has 5 heteroatoms. The second-order valence-corrected chi connectivity index (χ2v) is 7.26. The summed E-state index contributed by atoms with van der Waals surface area (Å²) in [6.07, 6.45) is 3.87. The summed E-state index contributed by atoms with van der Waals surface area (Å²) in [6, 6.07) is 1.72. The number of hydrogen-bond acceptors (Lipinski definition) is 4. The minimum absolute atomic E-state index is 0.379. The minimum atomic E-state index is -0.871. The van der Waals surface area contributed by atoms with E-state index in [-0.39, 0.29) is 0 Å². The van der Waals surface area contributed by atoms with Crippen LogP contribution in [0.15, 0.2) is 6.07 Å². The molecule has 112 valence electrons. The second kappa shape index (κ2) is 6.24. The summed E-state index contributed by atoms with van der Waals surface area (Å²) in [7, 11) is 0. The zero-order chi connectivity index (χ0) is 14.8. The third kappa shape index (κ3) is 3.81. The molecule has 20 heavy (non-hydrogen) atoms. The van der Waals surface area contributed by atoms with Crippen LogP contribution in [0.3, 0.4) is 0 Å². The van der Waals surface area contributed by atoms with Gasteiger partial charge in [-0.15, -0.1) is 11.3 Å². The van der Waals surface area contributed by atoms with E-state index in [0.29, 0.717) is 23.9 Å². The van der Waals surface area contributed by atoms with Crippen LogP contribution in [0.1, 0.15) is 52.7 Å². The highest BCUT2D eigenvalue weighted by atomic mass is 32.1. The zero-order valence-corrected chi connectivity index (χ0v) is 12.9. The summed E-state index contributed by atoms with van der Waals surface area (Å²) in [5.74, 6) is -0.156. The first-order valence-corrected chi connectivity index (χ1v) is 7.97. The first kappa shape index (κ1) is 15.5. The van der Waals surface area contributed by atoms with Crippen LogP contribution in [0.5, 0.6) is 0 Å². The number of rotatable bonds is 5. The Morgan fingerprint density at radius 2 is 2.15 bits per heavy atom. The van der Waals surface area contributed by atoms with Crippen LogP contribution >= 0.6 is 11.3 Å². The minimum Gasteiger partial charge on any atom is -0.477 e. The molecule has 0 amide bonds. The number of aryl methyl sites for hydroxylation is 1. The number of aromatic carboxylic acids is 1. The lowest BCUT2D eigenvalue weighted by molar-refractivity contribution is -0.00631. The maximum atomic E-state index is 10.9. The Morgan fingerprint density at radius 3 is 2.70 bits per heavy atom. The lowest BCUT2D eigenvalue weighted by Crippen LogP contribution is -2.43. The van der Waals surface area contributed by atoms with Gasteiger partial charge < -0.3 is 15.5 Å². The highest BCUT2D eigenvalue weighted by Crippen LogP contribution is 2.31. The van der Waals surface area contributed by atoms with Crippen molar-refractivity contribution >= 4 is 17.3 Å². The van der Waals surface area contributed by atoms with Gasteiger partial charge in [-0.2, -0.15) is 0 Å². The summed E-state index contributed by atoms with van der Waals surface area (Å²) in [6.45, 7) is 5.37. The van der Waals surface area contributed by atoms with Gasteiger partial charge in [0.2, 0.25) is 0 Å². The van der Waals surface area contributed by atoms with E-state index in [4.69, 9.17) is 5.11 Å². The van der Waals surface area contributed by atoms with E-state index in [1.165, 1.54) is 11.3 Å². The lowest BCUT2D eigenvalue weighted by atomic mass is 9.79. The summed E-state index contributed by atoms with van der Waals surface area (Å²) in [5, 5.41) is 22.7. The maximum absolute atomic E-state index is 10.9. The van der Waals surface area contributed by atoms with E-state index < -0.39 is 11.6 Å². The molecule has 0 aromatic carbocycles. The largest absolute Gasteiger partial charge is 0.477 e. The Bertz CT molecular complexity index is 475. The van der Waals surface area contributed by atoms with Gasteiger partial charge in [-0.1, -0.05) is 6.92 Å². The third-order valence-electron chi connectivity index (χ3n) is 4.21. The van der Waals surface area contributed by atoms with Crippen LogP contribution in [0.4, 0.5) is 0 Å². The summed E-state index contributed by atoms with van der Waals surface area (Å²) in [5.41, 5.74) is 0.423. The molecule has 1 aromatic rings. The second-order valence-electron chi connectivity index (χ2n) is 6.01. The van der Waals surface area contributed by atoms with Gasteiger partial charge in [-0.3, -0.25) is 0 Å². The van der Waals surface area contributed by atoms with Crippen molar-refractivity contribution in [3.63, 3.8) is 0 Å². The van der Waals surface area contributed by atoms with Crippen molar-refractivity contribution in [3.05, 3.63) is 21.4 Å². The fourth-order valence-corrected chi connectivity index (χ4v) is 3.59. The quantitative estimate of drug-likeness (QED) is 0.781. The standard InChI is InChI=1S/C15H23NO3S/c1-10-3-5-15(19,6-4-10)9-16-8-12-7-13(14(17)18)20-11(12)2/h7,10,16,19H,3-6,8-9H2,1-2H3,(H,17,18). The molecule has 1 aliphatic rings.